The topological polar surface area (TPSA) is 40.0 Å². The summed E-state index contributed by atoms with van der Waals surface area (Å²) >= 11 is 0. The monoisotopic (exact) mass is 227 g/mol. The Morgan fingerprint density at radius 2 is 1.75 bits per heavy atom. The molecule has 0 saturated carbocycles. The molecule has 0 aromatic heterocycles. The molecule has 0 radical (unpaired) electrons. The Bertz CT molecular complexity index is 250. The van der Waals surface area contributed by atoms with Gasteiger partial charge in [0.1, 0.15) is 39.3 Å². The molecule has 3 fully saturated rings. The summed E-state index contributed by atoms with van der Waals surface area (Å²) in [4.78, 5) is 3.19. The Hall–Kier alpha value is -0.610. The molecule has 0 spiro atoms. The van der Waals surface area contributed by atoms with Crippen molar-refractivity contribution in [3.8, 4) is 0 Å². The third-order valence-electron chi connectivity index (χ3n) is 4.76. The van der Waals surface area contributed by atoms with Gasteiger partial charge in [-0.25, -0.2) is 0 Å². The zero-order valence-corrected chi connectivity index (χ0v) is 10.8. The van der Waals surface area contributed by atoms with Crippen LogP contribution in [-0.4, -0.2) is 74.2 Å². The molecular weight excluding hydrogens is 200 g/mol. The van der Waals surface area contributed by atoms with E-state index >= 15 is 0 Å². The third-order valence-corrected chi connectivity index (χ3v) is 4.76. The number of nitrogens with one attached hydrogen (secondary N) is 1. The summed E-state index contributed by atoms with van der Waals surface area (Å²) in [7, 11) is 2.42. The number of hydrogen-bond acceptors (Lipinski definition) is 0. The SMILES string of the molecule is CC(CC[N+]12CC[N+](C)(CC1)CC2)[NH+]=CN. The molecule has 3 aliphatic heterocycles. The molecule has 0 amide bonds. The average molecular weight is 227 g/mol. The molecule has 3 saturated heterocycles. The predicted molar refractivity (Wildman–Crippen MR) is 65.8 cm³/mol. The van der Waals surface area contributed by atoms with Crippen molar-refractivity contribution in [3.05, 3.63) is 0 Å². The first-order valence-corrected chi connectivity index (χ1v) is 6.56. The van der Waals surface area contributed by atoms with Crippen molar-refractivity contribution in [1.29, 1.82) is 0 Å². The van der Waals surface area contributed by atoms with Crippen molar-refractivity contribution in [3.63, 3.8) is 0 Å². The lowest BCUT2D eigenvalue weighted by Crippen LogP contribution is -2.78. The van der Waals surface area contributed by atoms with Gasteiger partial charge in [-0.15, -0.1) is 0 Å². The van der Waals surface area contributed by atoms with Crippen LogP contribution in [0.15, 0.2) is 0 Å². The maximum Gasteiger partial charge on any atom is 0.227 e. The Balaban J connectivity index is 1.86. The molecular formula is C12H27N4+3. The standard InChI is InChI=1S/C12H26N4/c1-12(14-11-13)3-4-16-8-5-15(2,6-9-16)7-10-16/h11-12H,3-10H2,1-2H3,(H2,13,14)/q+2/p+1. The minimum atomic E-state index is 0.516. The van der Waals surface area contributed by atoms with Gasteiger partial charge in [-0.1, -0.05) is 0 Å². The van der Waals surface area contributed by atoms with Gasteiger partial charge in [-0.2, -0.15) is 0 Å². The molecule has 92 valence electrons. The minimum absolute atomic E-state index is 0.516. The lowest BCUT2D eigenvalue weighted by atomic mass is 10.1. The number of hydrogen-bond donors (Lipinski definition) is 2. The van der Waals surface area contributed by atoms with Crippen LogP contribution in [0.4, 0.5) is 0 Å². The molecule has 1 atom stereocenters. The highest BCUT2D eigenvalue weighted by molar-refractivity contribution is 5.43. The van der Waals surface area contributed by atoms with Crippen molar-refractivity contribution < 1.29 is 14.0 Å². The van der Waals surface area contributed by atoms with E-state index in [9.17, 15) is 0 Å². The quantitative estimate of drug-likeness (QED) is 0.329. The summed E-state index contributed by atoms with van der Waals surface area (Å²) < 4.78 is 2.69. The first kappa shape index (κ1) is 11.9. The Morgan fingerprint density at radius 1 is 1.19 bits per heavy atom. The lowest BCUT2D eigenvalue weighted by Gasteiger charge is -2.54. The van der Waals surface area contributed by atoms with Crippen molar-refractivity contribution in [2.45, 2.75) is 19.4 Å². The van der Waals surface area contributed by atoms with Crippen LogP contribution in [0.2, 0.25) is 0 Å². The average Bonchev–Trinajstić information content (AvgIpc) is 2.29. The van der Waals surface area contributed by atoms with Crippen LogP contribution < -0.4 is 10.7 Å². The van der Waals surface area contributed by atoms with Crippen molar-refractivity contribution in [2.24, 2.45) is 5.73 Å². The second-order valence-electron chi connectivity index (χ2n) is 6.05. The third kappa shape index (κ3) is 2.38. The van der Waals surface area contributed by atoms with Crippen LogP contribution in [0.5, 0.6) is 0 Å². The second-order valence-corrected chi connectivity index (χ2v) is 6.05. The summed E-state index contributed by atoms with van der Waals surface area (Å²) in [6.45, 7) is 11.8. The van der Waals surface area contributed by atoms with E-state index in [1.165, 1.54) is 61.2 Å². The molecule has 2 bridgehead atoms. The molecule has 1 unspecified atom stereocenters. The van der Waals surface area contributed by atoms with Gasteiger partial charge < -0.3 is 8.97 Å². The van der Waals surface area contributed by atoms with Crippen LogP contribution in [0.3, 0.4) is 0 Å². The fourth-order valence-corrected chi connectivity index (χ4v) is 3.08. The number of nitrogens with zero attached hydrogens (tertiary/aromatic N) is 2. The smallest absolute Gasteiger partial charge is 0.227 e. The molecule has 16 heavy (non-hydrogen) atoms. The van der Waals surface area contributed by atoms with Gasteiger partial charge in [0, 0.05) is 6.42 Å². The van der Waals surface area contributed by atoms with Gasteiger partial charge in [-0.3, -0.25) is 10.7 Å². The first-order valence-electron chi connectivity index (χ1n) is 6.56. The van der Waals surface area contributed by atoms with E-state index in [4.69, 9.17) is 5.73 Å². The van der Waals surface area contributed by atoms with E-state index in [0.717, 1.165) is 0 Å². The molecule has 0 aromatic rings. The van der Waals surface area contributed by atoms with Gasteiger partial charge in [-0.05, 0) is 6.92 Å². The minimum Gasteiger partial charge on any atom is -0.312 e. The number of fused-ring (bicyclic) bond motifs is 3. The highest BCUT2D eigenvalue weighted by Crippen LogP contribution is 2.24. The number of likely N-dealkylation sites (N-methyl/N-ethyl adjacent to an activating group) is 1. The number of piperazine rings is 3. The van der Waals surface area contributed by atoms with Gasteiger partial charge in [0.05, 0.1) is 19.6 Å². The zero-order chi connectivity index (χ0) is 11.6. The summed E-state index contributed by atoms with van der Waals surface area (Å²) in [6.07, 6.45) is 2.81. The normalized spacial score (nSPS) is 40.4. The molecule has 3 heterocycles. The molecule has 4 nitrogen and oxygen atoms in total. The Morgan fingerprint density at radius 3 is 2.25 bits per heavy atom. The second kappa shape index (κ2) is 4.34. The fraction of sp³-hybridized carbons (Fsp3) is 0.917. The zero-order valence-electron chi connectivity index (χ0n) is 10.8. The van der Waals surface area contributed by atoms with E-state index < -0.39 is 0 Å². The van der Waals surface area contributed by atoms with Crippen LogP contribution in [0.25, 0.3) is 0 Å². The Kier molecular flexibility index (Phi) is 3.22. The van der Waals surface area contributed by atoms with Crippen LogP contribution in [0, 0.1) is 0 Å². The van der Waals surface area contributed by atoms with Crippen molar-refractivity contribution in [1.82, 2.24) is 0 Å². The van der Waals surface area contributed by atoms with E-state index in [0.29, 0.717) is 6.04 Å². The van der Waals surface area contributed by atoms with Crippen LogP contribution in [0.1, 0.15) is 13.3 Å². The number of quaternary nitrogens is 2. The first-order chi connectivity index (χ1) is 7.58. The van der Waals surface area contributed by atoms with Gasteiger partial charge in [0.15, 0.2) is 0 Å². The largest absolute Gasteiger partial charge is 0.312 e. The maximum absolute atomic E-state index is 5.39. The van der Waals surface area contributed by atoms with Gasteiger partial charge in [0.25, 0.3) is 0 Å². The lowest BCUT2D eigenvalue weighted by molar-refractivity contribution is -1.07. The van der Waals surface area contributed by atoms with Gasteiger partial charge in [0.2, 0.25) is 6.34 Å². The summed E-state index contributed by atoms with van der Waals surface area (Å²) in [6, 6.07) is 0.516. The maximum atomic E-state index is 5.39. The fourth-order valence-electron chi connectivity index (χ4n) is 3.08. The van der Waals surface area contributed by atoms with E-state index in [1.54, 1.807) is 6.34 Å². The molecule has 4 heteroatoms. The number of nitrogens with two attached hydrogens (primary N) is 1. The number of rotatable bonds is 4. The summed E-state index contributed by atoms with van der Waals surface area (Å²) in [5.74, 6) is 0. The van der Waals surface area contributed by atoms with E-state index in [2.05, 4.69) is 19.0 Å². The molecule has 3 aliphatic rings. The van der Waals surface area contributed by atoms with Crippen molar-refractivity contribution in [2.75, 3.05) is 52.9 Å². The Labute approximate surface area is 98.9 Å². The predicted octanol–water partition coefficient (Wildman–Crippen LogP) is -1.88. The molecule has 3 N–H and O–H groups in total. The summed E-state index contributed by atoms with van der Waals surface area (Å²) in [5.41, 5.74) is 5.39. The summed E-state index contributed by atoms with van der Waals surface area (Å²) in [5, 5.41) is 0. The van der Waals surface area contributed by atoms with E-state index in [1.807, 2.05) is 0 Å². The molecule has 0 aliphatic carbocycles. The highest BCUT2D eigenvalue weighted by atomic mass is 15.5. The van der Waals surface area contributed by atoms with Crippen molar-refractivity contribution >= 4 is 6.34 Å². The van der Waals surface area contributed by atoms with E-state index in [-0.39, 0.29) is 0 Å². The van der Waals surface area contributed by atoms with Crippen LogP contribution >= 0.6 is 0 Å². The molecule has 0 aromatic carbocycles. The van der Waals surface area contributed by atoms with Crippen LogP contribution in [-0.2, 0) is 0 Å². The molecule has 3 rings (SSSR count). The highest BCUT2D eigenvalue weighted by Gasteiger charge is 2.46. The van der Waals surface area contributed by atoms with Gasteiger partial charge >= 0.3 is 0 Å².